The molecule has 1 rings (SSSR count). The predicted octanol–water partition coefficient (Wildman–Crippen LogP) is -3.66. The van der Waals surface area contributed by atoms with Crippen molar-refractivity contribution in [3.63, 3.8) is 0 Å². The molecule has 2 N–H and O–H groups in total. The SMILES string of the molecule is CC1[NH2+]C1C.[Cl-]. The maximum absolute atomic E-state index is 2.33. The zero-order valence-corrected chi connectivity index (χ0v) is 4.87. The van der Waals surface area contributed by atoms with Gasteiger partial charge in [0.1, 0.15) is 12.1 Å². The van der Waals surface area contributed by atoms with E-state index in [0.717, 1.165) is 12.1 Å². The number of hydrogen-bond donors (Lipinski definition) is 1. The lowest BCUT2D eigenvalue weighted by Gasteiger charge is -1.52. The van der Waals surface area contributed by atoms with E-state index in [9.17, 15) is 0 Å². The average Bonchev–Trinajstić information content (AvgIpc) is 1.79. The van der Waals surface area contributed by atoms with Crippen LogP contribution in [0.1, 0.15) is 13.8 Å². The Morgan fingerprint density at radius 1 is 1.17 bits per heavy atom. The standard InChI is InChI=1S/C4H9N.ClH/c1-3-4(2)5-3;/h3-5H,1-2H3;1H. The molecule has 2 heteroatoms. The van der Waals surface area contributed by atoms with Gasteiger partial charge in [0.05, 0.1) is 0 Å². The van der Waals surface area contributed by atoms with E-state index in [1.54, 1.807) is 0 Å². The van der Waals surface area contributed by atoms with Crippen LogP contribution in [0.15, 0.2) is 0 Å². The minimum Gasteiger partial charge on any atom is -1.00 e. The Balaban J connectivity index is 0.000000250. The van der Waals surface area contributed by atoms with Crippen molar-refractivity contribution >= 4 is 0 Å². The van der Waals surface area contributed by atoms with Gasteiger partial charge >= 0.3 is 0 Å². The Morgan fingerprint density at radius 3 is 1.33 bits per heavy atom. The van der Waals surface area contributed by atoms with Crippen molar-refractivity contribution in [3.05, 3.63) is 0 Å². The Bertz CT molecular complexity index is 40.8. The van der Waals surface area contributed by atoms with Crippen LogP contribution in [0, 0.1) is 0 Å². The maximum Gasteiger partial charge on any atom is 0.135 e. The van der Waals surface area contributed by atoms with Crippen LogP contribution in [0.5, 0.6) is 0 Å². The van der Waals surface area contributed by atoms with Gasteiger partial charge < -0.3 is 17.7 Å². The molecule has 0 radical (unpaired) electrons. The minimum atomic E-state index is 0. The van der Waals surface area contributed by atoms with Gasteiger partial charge in [0, 0.05) is 0 Å². The third kappa shape index (κ3) is 1.15. The number of halogens is 1. The largest absolute Gasteiger partial charge is 1.00 e. The van der Waals surface area contributed by atoms with Crippen LogP contribution in [0.2, 0.25) is 0 Å². The summed E-state index contributed by atoms with van der Waals surface area (Å²) in [6.45, 7) is 4.48. The van der Waals surface area contributed by atoms with Gasteiger partial charge in [0.2, 0.25) is 0 Å². The molecule has 1 saturated heterocycles. The van der Waals surface area contributed by atoms with Crippen molar-refractivity contribution in [2.24, 2.45) is 0 Å². The molecule has 0 amide bonds. The molecule has 6 heavy (non-hydrogen) atoms. The molecule has 0 aliphatic carbocycles. The Labute approximate surface area is 44.5 Å². The number of rotatable bonds is 0. The van der Waals surface area contributed by atoms with E-state index in [4.69, 9.17) is 0 Å². The molecule has 1 aliphatic rings. The molecule has 1 fully saturated rings. The average molecular weight is 108 g/mol. The van der Waals surface area contributed by atoms with Gasteiger partial charge in [-0.2, -0.15) is 0 Å². The van der Waals surface area contributed by atoms with Gasteiger partial charge in [-0.05, 0) is 13.8 Å². The van der Waals surface area contributed by atoms with Crippen LogP contribution in [-0.4, -0.2) is 12.1 Å². The van der Waals surface area contributed by atoms with E-state index in [2.05, 4.69) is 19.2 Å². The topological polar surface area (TPSA) is 16.6 Å². The first-order valence-electron chi connectivity index (χ1n) is 2.15. The smallest absolute Gasteiger partial charge is 0.135 e. The van der Waals surface area contributed by atoms with Gasteiger partial charge in [-0.3, -0.25) is 0 Å². The first-order chi connectivity index (χ1) is 2.30. The lowest BCUT2D eigenvalue weighted by molar-refractivity contribution is -0.511. The number of quaternary nitrogens is 1. The summed E-state index contributed by atoms with van der Waals surface area (Å²) < 4.78 is 0. The normalized spacial score (nSPS) is 41.0. The summed E-state index contributed by atoms with van der Waals surface area (Å²) in [5.41, 5.74) is 0. The van der Waals surface area contributed by atoms with Crippen LogP contribution in [0.4, 0.5) is 0 Å². The van der Waals surface area contributed by atoms with E-state index in [0.29, 0.717) is 0 Å². The molecule has 38 valence electrons. The first kappa shape index (κ1) is 6.25. The van der Waals surface area contributed by atoms with Crippen LogP contribution in [0.25, 0.3) is 0 Å². The van der Waals surface area contributed by atoms with Crippen molar-refractivity contribution in [2.45, 2.75) is 25.9 Å². The highest BCUT2D eigenvalue weighted by atomic mass is 35.5. The van der Waals surface area contributed by atoms with Crippen molar-refractivity contribution in [3.8, 4) is 0 Å². The molecular formula is C4H10ClN. The summed E-state index contributed by atoms with van der Waals surface area (Å²) in [7, 11) is 0. The molecule has 0 aromatic carbocycles. The minimum absolute atomic E-state index is 0. The maximum atomic E-state index is 2.33. The second-order valence-corrected chi connectivity index (χ2v) is 1.91. The van der Waals surface area contributed by atoms with Crippen LogP contribution < -0.4 is 17.7 Å². The highest BCUT2D eigenvalue weighted by molar-refractivity contribution is 4.63. The van der Waals surface area contributed by atoms with E-state index < -0.39 is 0 Å². The summed E-state index contributed by atoms with van der Waals surface area (Å²) in [4.78, 5) is 0. The Kier molecular flexibility index (Phi) is 1.88. The summed E-state index contributed by atoms with van der Waals surface area (Å²) >= 11 is 0. The highest BCUT2D eigenvalue weighted by Gasteiger charge is 2.32. The van der Waals surface area contributed by atoms with Crippen LogP contribution in [0.3, 0.4) is 0 Å². The van der Waals surface area contributed by atoms with E-state index >= 15 is 0 Å². The third-order valence-corrected chi connectivity index (χ3v) is 1.30. The van der Waals surface area contributed by atoms with Gasteiger partial charge in [0.15, 0.2) is 0 Å². The van der Waals surface area contributed by atoms with Gasteiger partial charge in [0.25, 0.3) is 0 Å². The molecule has 1 aliphatic heterocycles. The van der Waals surface area contributed by atoms with Crippen molar-refractivity contribution in [1.29, 1.82) is 0 Å². The van der Waals surface area contributed by atoms with E-state index in [-0.39, 0.29) is 12.4 Å². The molecule has 0 aromatic heterocycles. The second-order valence-electron chi connectivity index (χ2n) is 1.91. The zero-order chi connectivity index (χ0) is 3.86. The molecule has 2 unspecified atom stereocenters. The van der Waals surface area contributed by atoms with Crippen LogP contribution in [-0.2, 0) is 0 Å². The third-order valence-electron chi connectivity index (χ3n) is 1.30. The van der Waals surface area contributed by atoms with Crippen LogP contribution >= 0.6 is 0 Å². The molecule has 2 atom stereocenters. The molecule has 0 saturated carbocycles. The van der Waals surface area contributed by atoms with Crippen molar-refractivity contribution < 1.29 is 17.7 Å². The highest BCUT2D eigenvalue weighted by Crippen LogP contribution is 1.89. The summed E-state index contributed by atoms with van der Waals surface area (Å²) in [6, 6.07) is 1.85. The quantitative estimate of drug-likeness (QED) is 0.308. The van der Waals surface area contributed by atoms with Crippen molar-refractivity contribution in [1.82, 2.24) is 0 Å². The fourth-order valence-corrected chi connectivity index (χ4v) is 0.415. The molecular weight excluding hydrogens is 97.5 g/mol. The summed E-state index contributed by atoms with van der Waals surface area (Å²) in [5, 5.41) is 2.33. The van der Waals surface area contributed by atoms with Crippen molar-refractivity contribution in [2.75, 3.05) is 0 Å². The number of hydrogen-bond acceptors (Lipinski definition) is 0. The van der Waals surface area contributed by atoms with Gasteiger partial charge in [-0.15, -0.1) is 0 Å². The Morgan fingerprint density at radius 2 is 1.33 bits per heavy atom. The molecule has 1 heterocycles. The Hall–Kier alpha value is 0.250. The van der Waals surface area contributed by atoms with Gasteiger partial charge in [-0.1, -0.05) is 0 Å². The summed E-state index contributed by atoms with van der Waals surface area (Å²) in [6.07, 6.45) is 0. The molecule has 0 spiro atoms. The fourth-order valence-electron chi connectivity index (χ4n) is 0.415. The lowest BCUT2D eigenvalue weighted by atomic mass is 10.4. The monoisotopic (exact) mass is 107 g/mol. The van der Waals surface area contributed by atoms with E-state index in [1.807, 2.05) is 0 Å². The zero-order valence-electron chi connectivity index (χ0n) is 4.11. The summed E-state index contributed by atoms with van der Waals surface area (Å²) in [5.74, 6) is 0. The molecule has 0 aromatic rings. The fraction of sp³-hybridized carbons (Fsp3) is 1.00. The van der Waals surface area contributed by atoms with E-state index in [1.165, 1.54) is 0 Å². The molecule has 1 nitrogen and oxygen atoms in total. The second kappa shape index (κ2) is 1.80. The number of nitrogens with two attached hydrogens (primary N) is 1. The molecule has 0 bridgehead atoms. The van der Waals surface area contributed by atoms with Gasteiger partial charge in [-0.25, -0.2) is 0 Å². The predicted molar refractivity (Wildman–Crippen MR) is 20.8 cm³/mol. The lowest BCUT2D eigenvalue weighted by Crippen LogP contribution is -3.00. The first-order valence-corrected chi connectivity index (χ1v) is 2.15.